The number of aryl methyl sites for hydroxylation is 1. The zero-order valence-electron chi connectivity index (χ0n) is 12.3. The van der Waals surface area contributed by atoms with E-state index >= 15 is 0 Å². The van der Waals surface area contributed by atoms with Crippen LogP contribution in [0.1, 0.15) is 6.42 Å². The lowest BCUT2D eigenvalue weighted by Gasteiger charge is -2.09. The minimum Gasteiger partial charge on any atom is -0.497 e. The quantitative estimate of drug-likeness (QED) is 0.751. The zero-order valence-corrected chi connectivity index (χ0v) is 13.9. The van der Waals surface area contributed by atoms with Crippen molar-refractivity contribution < 1.29 is 9.84 Å². The predicted octanol–water partition coefficient (Wildman–Crippen LogP) is 3.86. The van der Waals surface area contributed by atoms with Gasteiger partial charge in [-0.1, -0.05) is 28.1 Å². The van der Waals surface area contributed by atoms with Gasteiger partial charge < -0.3 is 14.4 Å². The molecule has 0 fully saturated rings. The molecule has 0 amide bonds. The van der Waals surface area contributed by atoms with Crippen LogP contribution in [0.25, 0.3) is 22.4 Å². The number of ether oxygens (including phenoxy) is 1. The van der Waals surface area contributed by atoms with Crippen LogP contribution in [0.4, 0.5) is 0 Å². The van der Waals surface area contributed by atoms with Gasteiger partial charge in [0.15, 0.2) is 0 Å². The average molecular weight is 361 g/mol. The molecule has 3 rings (SSSR count). The van der Waals surface area contributed by atoms with Gasteiger partial charge in [0.1, 0.15) is 11.6 Å². The number of imidazole rings is 1. The molecule has 1 aromatic heterocycles. The van der Waals surface area contributed by atoms with E-state index in [-0.39, 0.29) is 6.61 Å². The molecule has 1 heterocycles. The predicted molar refractivity (Wildman–Crippen MR) is 91.1 cm³/mol. The second-order valence-corrected chi connectivity index (χ2v) is 5.94. The lowest BCUT2D eigenvalue weighted by atomic mass is 10.2. The molecule has 2 aromatic carbocycles. The van der Waals surface area contributed by atoms with E-state index in [0.717, 1.165) is 39.2 Å². The molecular formula is C17H17BrN2O2. The third-order valence-corrected chi connectivity index (χ3v) is 4.07. The van der Waals surface area contributed by atoms with Gasteiger partial charge in [-0.05, 0) is 36.8 Å². The summed E-state index contributed by atoms with van der Waals surface area (Å²) in [5.74, 6) is 1.69. The van der Waals surface area contributed by atoms with E-state index in [1.54, 1.807) is 7.11 Å². The Morgan fingerprint density at radius 2 is 2.09 bits per heavy atom. The molecule has 4 nitrogen and oxygen atoms in total. The van der Waals surface area contributed by atoms with Crippen LogP contribution in [0.3, 0.4) is 0 Å². The first-order valence-electron chi connectivity index (χ1n) is 7.14. The van der Waals surface area contributed by atoms with Crippen LogP contribution in [-0.4, -0.2) is 28.4 Å². The molecule has 0 atom stereocenters. The molecule has 0 radical (unpaired) electrons. The molecule has 3 aromatic rings. The summed E-state index contributed by atoms with van der Waals surface area (Å²) in [5.41, 5.74) is 3.00. The molecule has 0 spiro atoms. The van der Waals surface area contributed by atoms with Crippen molar-refractivity contribution in [2.24, 2.45) is 0 Å². The van der Waals surface area contributed by atoms with Crippen molar-refractivity contribution >= 4 is 27.0 Å². The summed E-state index contributed by atoms with van der Waals surface area (Å²) >= 11 is 3.51. The second kappa shape index (κ2) is 6.50. The third-order valence-electron chi connectivity index (χ3n) is 3.58. The minimum absolute atomic E-state index is 0.158. The summed E-state index contributed by atoms with van der Waals surface area (Å²) in [7, 11) is 1.66. The maximum atomic E-state index is 9.17. The average Bonchev–Trinajstić information content (AvgIpc) is 2.90. The fourth-order valence-corrected chi connectivity index (χ4v) is 2.88. The van der Waals surface area contributed by atoms with Crippen LogP contribution in [0.2, 0.25) is 0 Å². The molecule has 114 valence electrons. The van der Waals surface area contributed by atoms with E-state index < -0.39 is 0 Å². The van der Waals surface area contributed by atoms with Gasteiger partial charge >= 0.3 is 0 Å². The Bertz CT molecular complexity index is 798. The van der Waals surface area contributed by atoms with Crippen molar-refractivity contribution in [3.05, 3.63) is 46.9 Å². The molecule has 0 bridgehead atoms. The normalized spacial score (nSPS) is 11.0. The van der Waals surface area contributed by atoms with E-state index in [9.17, 15) is 5.11 Å². The molecule has 22 heavy (non-hydrogen) atoms. The summed E-state index contributed by atoms with van der Waals surface area (Å²) in [4.78, 5) is 4.76. The number of nitrogens with zero attached hydrogens (tertiary/aromatic N) is 2. The standard InChI is InChI=1S/C17H17BrN2O2/c1-22-14-5-2-4-12(10-14)17-19-15-7-6-13(18)11-16(15)20(17)8-3-9-21/h2,4-7,10-11,21H,3,8-9H2,1H3. The SMILES string of the molecule is COc1cccc(-c2nc3ccc(Br)cc3n2CCCO)c1. The minimum atomic E-state index is 0.158. The van der Waals surface area contributed by atoms with Gasteiger partial charge in [0.25, 0.3) is 0 Å². The molecule has 0 aliphatic rings. The van der Waals surface area contributed by atoms with Crippen LogP contribution < -0.4 is 4.74 Å². The Labute approximate surface area is 137 Å². The lowest BCUT2D eigenvalue weighted by Crippen LogP contribution is -2.02. The van der Waals surface area contributed by atoms with Crippen molar-refractivity contribution in [1.29, 1.82) is 0 Å². The molecule has 1 N–H and O–H groups in total. The Balaban J connectivity index is 2.18. The molecule has 0 unspecified atom stereocenters. The van der Waals surface area contributed by atoms with Crippen molar-refractivity contribution in [1.82, 2.24) is 9.55 Å². The number of aliphatic hydroxyl groups excluding tert-OH is 1. The number of aliphatic hydroxyl groups is 1. The summed E-state index contributed by atoms with van der Waals surface area (Å²) < 4.78 is 8.47. The van der Waals surface area contributed by atoms with Crippen LogP contribution in [0, 0.1) is 0 Å². The second-order valence-electron chi connectivity index (χ2n) is 5.03. The summed E-state index contributed by atoms with van der Waals surface area (Å²) in [6.07, 6.45) is 0.689. The van der Waals surface area contributed by atoms with Crippen molar-refractivity contribution in [3.63, 3.8) is 0 Å². The zero-order chi connectivity index (χ0) is 15.5. The van der Waals surface area contributed by atoms with Crippen LogP contribution in [-0.2, 0) is 6.54 Å². The number of fused-ring (bicyclic) bond motifs is 1. The van der Waals surface area contributed by atoms with Crippen molar-refractivity contribution in [3.8, 4) is 17.1 Å². The van der Waals surface area contributed by atoms with Gasteiger partial charge in [0.2, 0.25) is 0 Å². The van der Waals surface area contributed by atoms with Gasteiger partial charge in [-0.3, -0.25) is 0 Å². The summed E-state index contributed by atoms with van der Waals surface area (Å²) in [6, 6.07) is 13.9. The van der Waals surface area contributed by atoms with Gasteiger partial charge in [-0.25, -0.2) is 4.98 Å². The first kappa shape index (κ1) is 15.1. The highest BCUT2D eigenvalue weighted by molar-refractivity contribution is 9.10. The van der Waals surface area contributed by atoms with Gasteiger partial charge in [-0.15, -0.1) is 0 Å². The maximum Gasteiger partial charge on any atom is 0.141 e. The Hall–Kier alpha value is -1.85. The Morgan fingerprint density at radius 3 is 2.86 bits per heavy atom. The third kappa shape index (κ3) is 2.87. The number of methoxy groups -OCH3 is 1. The number of benzene rings is 2. The molecule has 0 aliphatic carbocycles. The van der Waals surface area contributed by atoms with Crippen molar-refractivity contribution in [2.45, 2.75) is 13.0 Å². The van der Waals surface area contributed by atoms with Gasteiger partial charge in [0, 0.05) is 23.2 Å². The molecular weight excluding hydrogens is 344 g/mol. The Kier molecular flexibility index (Phi) is 4.45. The van der Waals surface area contributed by atoms with Crippen LogP contribution >= 0.6 is 15.9 Å². The van der Waals surface area contributed by atoms with E-state index in [4.69, 9.17) is 9.72 Å². The number of rotatable bonds is 5. The fourth-order valence-electron chi connectivity index (χ4n) is 2.53. The smallest absolute Gasteiger partial charge is 0.141 e. The largest absolute Gasteiger partial charge is 0.497 e. The van der Waals surface area contributed by atoms with Crippen LogP contribution in [0.5, 0.6) is 5.75 Å². The highest BCUT2D eigenvalue weighted by Crippen LogP contribution is 2.29. The molecule has 0 aliphatic heterocycles. The van der Waals surface area contributed by atoms with E-state index in [1.165, 1.54) is 0 Å². The first-order chi connectivity index (χ1) is 10.7. The fraction of sp³-hybridized carbons (Fsp3) is 0.235. The highest BCUT2D eigenvalue weighted by Gasteiger charge is 2.13. The maximum absolute atomic E-state index is 9.17. The molecule has 5 heteroatoms. The number of hydrogen-bond donors (Lipinski definition) is 1. The van der Waals surface area contributed by atoms with E-state index in [1.807, 2.05) is 36.4 Å². The highest BCUT2D eigenvalue weighted by atomic mass is 79.9. The summed E-state index contributed by atoms with van der Waals surface area (Å²) in [5, 5.41) is 9.17. The van der Waals surface area contributed by atoms with Gasteiger partial charge in [-0.2, -0.15) is 0 Å². The molecule has 0 saturated heterocycles. The monoisotopic (exact) mass is 360 g/mol. The van der Waals surface area contributed by atoms with Gasteiger partial charge in [0.05, 0.1) is 18.1 Å². The number of aromatic nitrogens is 2. The van der Waals surface area contributed by atoms with E-state index in [0.29, 0.717) is 6.42 Å². The summed E-state index contributed by atoms with van der Waals surface area (Å²) in [6.45, 7) is 0.876. The number of halogens is 1. The van der Waals surface area contributed by atoms with E-state index in [2.05, 4.69) is 26.6 Å². The molecule has 0 saturated carbocycles. The topological polar surface area (TPSA) is 47.3 Å². The Morgan fingerprint density at radius 1 is 1.23 bits per heavy atom. The van der Waals surface area contributed by atoms with Crippen molar-refractivity contribution in [2.75, 3.05) is 13.7 Å². The van der Waals surface area contributed by atoms with Crippen LogP contribution in [0.15, 0.2) is 46.9 Å². The number of hydrogen-bond acceptors (Lipinski definition) is 3. The first-order valence-corrected chi connectivity index (χ1v) is 7.93. The lowest BCUT2D eigenvalue weighted by molar-refractivity contribution is 0.281.